The lowest BCUT2D eigenvalue weighted by molar-refractivity contribution is 0.952. The summed E-state index contributed by atoms with van der Waals surface area (Å²) in [6, 6.07) is 11.7. The Labute approximate surface area is 127 Å². The van der Waals surface area contributed by atoms with Gasteiger partial charge in [0.2, 0.25) is 0 Å². The highest BCUT2D eigenvalue weighted by atomic mass is 79.9. The molecule has 0 saturated heterocycles. The normalized spacial score (nSPS) is 10.8. The first-order valence-corrected chi connectivity index (χ1v) is 7.43. The van der Waals surface area contributed by atoms with Gasteiger partial charge in [-0.25, -0.2) is 4.98 Å². The molecule has 1 aromatic carbocycles. The molecule has 0 fully saturated rings. The third-order valence-corrected chi connectivity index (χ3v) is 4.20. The zero-order valence-electron chi connectivity index (χ0n) is 9.55. The van der Waals surface area contributed by atoms with E-state index in [0.717, 1.165) is 25.3 Å². The van der Waals surface area contributed by atoms with Crippen LogP contribution in [0.5, 0.6) is 0 Å². The third-order valence-electron chi connectivity index (χ3n) is 2.51. The van der Waals surface area contributed by atoms with E-state index in [1.807, 2.05) is 36.4 Å². The summed E-state index contributed by atoms with van der Waals surface area (Å²) in [6.45, 7) is 0. The molecule has 0 atom stereocenters. The summed E-state index contributed by atoms with van der Waals surface area (Å²) in [5, 5.41) is 12.1. The quantitative estimate of drug-likeness (QED) is 0.676. The fourth-order valence-corrected chi connectivity index (χ4v) is 2.89. The highest BCUT2D eigenvalue weighted by Gasteiger charge is 2.09. The van der Waals surface area contributed by atoms with Crippen LogP contribution < -0.4 is 0 Å². The van der Waals surface area contributed by atoms with Crippen LogP contribution in [0.4, 0.5) is 0 Å². The Morgan fingerprint density at radius 3 is 2.53 bits per heavy atom. The average molecular weight is 353 g/mol. The number of hydrogen-bond acceptors (Lipinski definition) is 4. The maximum atomic E-state index is 6.05. The predicted octanol–water partition coefficient (Wildman–Crippen LogP) is 4.59. The Morgan fingerprint density at radius 2 is 1.79 bits per heavy atom. The number of aromatic nitrogens is 3. The van der Waals surface area contributed by atoms with Crippen LogP contribution in [-0.4, -0.2) is 15.2 Å². The molecule has 0 spiro atoms. The van der Waals surface area contributed by atoms with Gasteiger partial charge in [0, 0.05) is 21.4 Å². The summed E-state index contributed by atoms with van der Waals surface area (Å²) in [6.07, 6.45) is 1.76. The molecule has 0 bridgehead atoms. The molecule has 0 aliphatic rings. The van der Waals surface area contributed by atoms with Crippen LogP contribution in [0.25, 0.3) is 10.8 Å². The zero-order valence-corrected chi connectivity index (χ0v) is 12.7. The Hall–Kier alpha value is -1.17. The van der Waals surface area contributed by atoms with Crippen molar-refractivity contribution in [1.29, 1.82) is 0 Å². The monoisotopic (exact) mass is 351 g/mol. The second-order valence-corrected chi connectivity index (χ2v) is 6.04. The fraction of sp³-hybridized carbons (Fsp3) is 0. The number of benzene rings is 1. The number of fused-ring (bicyclic) bond motifs is 1. The molecule has 2 aromatic heterocycles. The molecule has 3 nitrogen and oxygen atoms in total. The van der Waals surface area contributed by atoms with Crippen LogP contribution in [0.3, 0.4) is 0 Å². The summed E-state index contributed by atoms with van der Waals surface area (Å²) in [5.74, 6) is 0. The van der Waals surface area contributed by atoms with Gasteiger partial charge in [-0.15, -0.1) is 10.2 Å². The van der Waals surface area contributed by atoms with Crippen molar-refractivity contribution < 1.29 is 0 Å². The minimum Gasteiger partial charge on any atom is -0.248 e. The summed E-state index contributed by atoms with van der Waals surface area (Å²) < 4.78 is 0.948. The largest absolute Gasteiger partial charge is 0.248 e. The van der Waals surface area contributed by atoms with E-state index in [-0.39, 0.29) is 0 Å². The molecular weight excluding hydrogens is 346 g/mol. The van der Waals surface area contributed by atoms with Crippen LogP contribution in [-0.2, 0) is 0 Å². The lowest BCUT2D eigenvalue weighted by atomic mass is 10.2. The first kappa shape index (κ1) is 12.8. The van der Waals surface area contributed by atoms with Crippen molar-refractivity contribution in [1.82, 2.24) is 15.2 Å². The van der Waals surface area contributed by atoms with Crippen molar-refractivity contribution >= 4 is 50.1 Å². The topological polar surface area (TPSA) is 38.7 Å². The molecule has 3 aromatic rings. The Kier molecular flexibility index (Phi) is 3.68. The highest BCUT2D eigenvalue weighted by Crippen LogP contribution is 2.32. The van der Waals surface area contributed by atoms with E-state index in [4.69, 9.17) is 11.6 Å². The van der Waals surface area contributed by atoms with Crippen molar-refractivity contribution in [2.75, 3.05) is 0 Å². The van der Waals surface area contributed by atoms with Crippen molar-refractivity contribution in [3.63, 3.8) is 0 Å². The number of hydrogen-bond donors (Lipinski definition) is 0. The van der Waals surface area contributed by atoms with E-state index in [0.29, 0.717) is 5.15 Å². The predicted molar refractivity (Wildman–Crippen MR) is 80.6 cm³/mol. The first-order valence-electron chi connectivity index (χ1n) is 5.44. The van der Waals surface area contributed by atoms with Gasteiger partial charge in [-0.05, 0) is 39.8 Å². The van der Waals surface area contributed by atoms with Gasteiger partial charge in [-0.1, -0.05) is 35.9 Å². The van der Waals surface area contributed by atoms with E-state index in [1.54, 1.807) is 6.20 Å². The minimum absolute atomic E-state index is 0.420. The fourth-order valence-electron chi connectivity index (χ4n) is 1.64. The standard InChI is InChI=1S/C13H7BrClN3S/c14-8-5-6-11(16-7-8)19-13-10-4-2-1-3-9(10)12(15)17-18-13/h1-7H. The van der Waals surface area contributed by atoms with Crippen molar-refractivity contribution in [2.45, 2.75) is 10.1 Å². The van der Waals surface area contributed by atoms with Gasteiger partial charge in [0.25, 0.3) is 0 Å². The molecule has 0 aliphatic heterocycles. The molecular formula is C13H7BrClN3S. The average Bonchev–Trinajstić information content (AvgIpc) is 2.45. The Morgan fingerprint density at radius 1 is 1.00 bits per heavy atom. The molecule has 0 radical (unpaired) electrons. The van der Waals surface area contributed by atoms with E-state index >= 15 is 0 Å². The summed E-state index contributed by atoms with van der Waals surface area (Å²) >= 11 is 10.9. The van der Waals surface area contributed by atoms with Gasteiger partial charge in [-0.2, -0.15) is 0 Å². The lowest BCUT2D eigenvalue weighted by Crippen LogP contribution is -1.90. The van der Waals surface area contributed by atoms with Crippen LogP contribution >= 0.6 is 39.3 Å². The number of nitrogens with zero attached hydrogens (tertiary/aromatic N) is 3. The van der Waals surface area contributed by atoms with Gasteiger partial charge < -0.3 is 0 Å². The van der Waals surface area contributed by atoms with E-state index in [1.165, 1.54) is 11.8 Å². The second kappa shape index (κ2) is 5.45. The van der Waals surface area contributed by atoms with Gasteiger partial charge in [0.15, 0.2) is 5.15 Å². The SMILES string of the molecule is Clc1nnc(Sc2ccc(Br)cn2)c2ccccc12. The van der Waals surface area contributed by atoms with Gasteiger partial charge in [0.1, 0.15) is 10.1 Å². The first-order chi connectivity index (χ1) is 9.24. The van der Waals surface area contributed by atoms with E-state index in [9.17, 15) is 0 Å². The molecule has 0 aliphatic carbocycles. The van der Waals surface area contributed by atoms with Crippen LogP contribution in [0, 0.1) is 0 Å². The molecule has 6 heteroatoms. The molecule has 0 unspecified atom stereocenters. The van der Waals surface area contributed by atoms with Gasteiger partial charge in [-0.3, -0.25) is 0 Å². The molecule has 0 amide bonds. The molecule has 2 heterocycles. The van der Waals surface area contributed by atoms with E-state index < -0.39 is 0 Å². The molecule has 0 saturated carbocycles. The maximum Gasteiger partial charge on any atom is 0.159 e. The molecule has 19 heavy (non-hydrogen) atoms. The van der Waals surface area contributed by atoms with E-state index in [2.05, 4.69) is 31.1 Å². The smallest absolute Gasteiger partial charge is 0.159 e. The minimum atomic E-state index is 0.420. The van der Waals surface area contributed by atoms with Crippen molar-refractivity contribution in [2.24, 2.45) is 0 Å². The van der Waals surface area contributed by atoms with Gasteiger partial charge in [0.05, 0.1) is 0 Å². The Bertz CT molecular complexity index is 734. The van der Waals surface area contributed by atoms with Crippen LogP contribution in [0.15, 0.2) is 57.1 Å². The maximum absolute atomic E-state index is 6.05. The second-order valence-electron chi connectivity index (χ2n) is 3.76. The van der Waals surface area contributed by atoms with Crippen LogP contribution in [0.1, 0.15) is 0 Å². The summed E-state index contributed by atoms with van der Waals surface area (Å²) in [5.41, 5.74) is 0. The molecule has 3 rings (SSSR count). The van der Waals surface area contributed by atoms with Gasteiger partial charge >= 0.3 is 0 Å². The number of halogens is 2. The van der Waals surface area contributed by atoms with Crippen molar-refractivity contribution in [3.05, 3.63) is 52.2 Å². The molecule has 0 N–H and O–H groups in total. The highest BCUT2D eigenvalue weighted by molar-refractivity contribution is 9.10. The van der Waals surface area contributed by atoms with Crippen molar-refractivity contribution in [3.8, 4) is 0 Å². The Balaban J connectivity index is 2.06. The third kappa shape index (κ3) is 2.73. The molecule has 94 valence electrons. The summed E-state index contributed by atoms with van der Waals surface area (Å²) in [4.78, 5) is 4.32. The number of pyridine rings is 1. The number of rotatable bonds is 2. The lowest BCUT2D eigenvalue weighted by Gasteiger charge is -2.05. The van der Waals surface area contributed by atoms with Crippen LogP contribution in [0.2, 0.25) is 5.15 Å². The summed E-state index contributed by atoms with van der Waals surface area (Å²) in [7, 11) is 0. The zero-order chi connectivity index (χ0) is 13.2.